The van der Waals surface area contributed by atoms with E-state index in [-0.39, 0.29) is 12.4 Å². The number of hydrogen-bond acceptors (Lipinski definition) is 2. The molecule has 0 aliphatic heterocycles. The van der Waals surface area contributed by atoms with Crippen LogP contribution in [0.1, 0.15) is 19.8 Å². The molecule has 0 heterocycles. The first-order chi connectivity index (χ1) is 3.41. The predicted octanol–water partition coefficient (Wildman–Crippen LogP) is 1.19. The van der Waals surface area contributed by atoms with Gasteiger partial charge in [0.1, 0.15) is 0 Å². The van der Waals surface area contributed by atoms with Gasteiger partial charge in [-0.25, -0.2) is 0 Å². The standard InChI is InChI=1S/C5H12N2.ClH/c1-2-3-4-5-7-6;/h4-5,7H,2-3,6H2,1H3;1H. The van der Waals surface area contributed by atoms with Gasteiger partial charge >= 0.3 is 0 Å². The van der Waals surface area contributed by atoms with Gasteiger partial charge in [-0.1, -0.05) is 19.4 Å². The zero-order valence-electron chi connectivity index (χ0n) is 5.05. The minimum Gasteiger partial charge on any atom is -0.332 e. The number of nitrogens with one attached hydrogen (secondary N) is 1. The SMILES string of the molecule is CCCC=CNN.Cl. The fourth-order valence-electron chi connectivity index (χ4n) is 0.318. The molecular formula is C5H13ClN2. The van der Waals surface area contributed by atoms with Crippen molar-refractivity contribution in [3.8, 4) is 0 Å². The molecule has 0 spiro atoms. The molecule has 0 saturated heterocycles. The molecule has 3 N–H and O–H groups in total. The summed E-state index contributed by atoms with van der Waals surface area (Å²) in [4.78, 5) is 0. The summed E-state index contributed by atoms with van der Waals surface area (Å²) in [5.41, 5.74) is 2.42. The summed E-state index contributed by atoms with van der Waals surface area (Å²) in [6.45, 7) is 2.13. The number of hydrogen-bond donors (Lipinski definition) is 2. The average Bonchev–Trinajstić information content (AvgIpc) is 1.69. The monoisotopic (exact) mass is 136 g/mol. The lowest BCUT2D eigenvalue weighted by Gasteiger charge is -1.83. The minimum absolute atomic E-state index is 0. The summed E-state index contributed by atoms with van der Waals surface area (Å²) in [5, 5.41) is 0. The third-order valence-electron chi connectivity index (χ3n) is 0.669. The van der Waals surface area contributed by atoms with Gasteiger partial charge in [-0.3, -0.25) is 5.84 Å². The lowest BCUT2D eigenvalue weighted by atomic mass is 10.3. The molecule has 0 aromatic rings. The Balaban J connectivity index is 0. The number of rotatable bonds is 3. The fraction of sp³-hybridized carbons (Fsp3) is 0.600. The number of hydrazine groups is 1. The summed E-state index contributed by atoms with van der Waals surface area (Å²) < 4.78 is 0. The van der Waals surface area contributed by atoms with Crippen molar-refractivity contribution in [3.63, 3.8) is 0 Å². The normalized spacial score (nSPS) is 8.75. The Hall–Kier alpha value is -0.210. The van der Waals surface area contributed by atoms with Crippen LogP contribution in [0, 0.1) is 0 Å². The van der Waals surface area contributed by atoms with Gasteiger partial charge in [0.25, 0.3) is 0 Å². The van der Waals surface area contributed by atoms with Crippen molar-refractivity contribution in [2.75, 3.05) is 0 Å². The van der Waals surface area contributed by atoms with E-state index in [0.29, 0.717) is 0 Å². The van der Waals surface area contributed by atoms with Crippen LogP contribution in [0.25, 0.3) is 0 Å². The van der Waals surface area contributed by atoms with Crippen LogP contribution in [0.2, 0.25) is 0 Å². The van der Waals surface area contributed by atoms with Crippen LogP contribution in [0.4, 0.5) is 0 Å². The highest BCUT2D eigenvalue weighted by molar-refractivity contribution is 5.85. The quantitative estimate of drug-likeness (QED) is 0.452. The smallest absolute Gasteiger partial charge is 0.00826 e. The second-order valence-electron chi connectivity index (χ2n) is 1.36. The van der Waals surface area contributed by atoms with E-state index in [1.165, 1.54) is 6.42 Å². The molecule has 0 fully saturated rings. The van der Waals surface area contributed by atoms with E-state index in [9.17, 15) is 0 Å². The molecule has 0 amide bonds. The maximum absolute atomic E-state index is 4.93. The molecule has 0 saturated carbocycles. The summed E-state index contributed by atoms with van der Waals surface area (Å²) >= 11 is 0. The minimum atomic E-state index is 0. The Bertz CT molecular complexity index is 54.4. The van der Waals surface area contributed by atoms with Crippen molar-refractivity contribution in [3.05, 3.63) is 12.3 Å². The van der Waals surface area contributed by atoms with Gasteiger partial charge in [0.05, 0.1) is 0 Å². The zero-order chi connectivity index (χ0) is 5.54. The van der Waals surface area contributed by atoms with Gasteiger partial charge in [0.2, 0.25) is 0 Å². The molecule has 0 aliphatic carbocycles. The Kier molecular flexibility index (Phi) is 13.3. The summed E-state index contributed by atoms with van der Waals surface area (Å²) in [7, 11) is 0. The second-order valence-corrected chi connectivity index (χ2v) is 1.36. The molecule has 0 unspecified atom stereocenters. The van der Waals surface area contributed by atoms with E-state index >= 15 is 0 Å². The van der Waals surface area contributed by atoms with E-state index in [2.05, 4.69) is 12.3 Å². The van der Waals surface area contributed by atoms with Crippen LogP contribution in [0.3, 0.4) is 0 Å². The van der Waals surface area contributed by atoms with Crippen molar-refractivity contribution in [1.29, 1.82) is 0 Å². The lowest BCUT2D eigenvalue weighted by molar-refractivity contribution is 0.916. The van der Waals surface area contributed by atoms with E-state index in [1.54, 1.807) is 6.20 Å². The van der Waals surface area contributed by atoms with E-state index < -0.39 is 0 Å². The van der Waals surface area contributed by atoms with Crippen molar-refractivity contribution < 1.29 is 0 Å². The molecular weight excluding hydrogens is 124 g/mol. The summed E-state index contributed by atoms with van der Waals surface area (Å²) in [6, 6.07) is 0. The highest BCUT2D eigenvalue weighted by atomic mass is 35.5. The van der Waals surface area contributed by atoms with Crippen LogP contribution < -0.4 is 11.3 Å². The Morgan fingerprint density at radius 2 is 2.25 bits per heavy atom. The first-order valence-electron chi connectivity index (χ1n) is 2.53. The first kappa shape index (κ1) is 10.7. The van der Waals surface area contributed by atoms with E-state index in [4.69, 9.17) is 5.84 Å². The Labute approximate surface area is 56.5 Å². The topological polar surface area (TPSA) is 38.0 Å². The molecule has 0 rings (SSSR count). The number of nitrogens with two attached hydrogens (primary N) is 1. The lowest BCUT2D eigenvalue weighted by Crippen LogP contribution is -2.12. The van der Waals surface area contributed by atoms with Gasteiger partial charge in [-0.2, -0.15) is 0 Å². The third-order valence-corrected chi connectivity index (χ3v) is 0.669. The number of halogens is 1. The molecule has 3 heteroatoms. The molecule has 2 nitrogen and oxygen atoms in total. The molecule has 0 aliphatic rings. The fourth-order valence-corrected chi connectivity index (χ4v) is 0.318. The Morgan fingerprint density at radius 1 is 1.62 bits per heavy atom. The first-order valence-corrected chi connectivity index (χ1v) is 2.53. The molecule has 0 bridgehead atoms. The summed E-state index contributed by atoms with van der Waals surface area (Å²) in [6.07, 6.45) is 6.02. The van der Waals surface area contributed by atoms with Crippen LogP contribution in [-0.4, -0.2) is 0 Å². The van der Waals surface area contributed by atoms with Gasteiger partial charge in [-0.05, 0) is 6.42 Å². The van der Waals surface area contributed by atoms with Crippen molar-refractivity contribution in [2.24, 2.45) is 5.84 Å². The number of unbranched alkanes of at least 4 members (excludes halogenated alkanes) is 1. The average molecular weight is 137 g/mol. The maximum Gasteiger partial charge on any atom is 0.00826 e. The molecule has 0 atom stereocenters. The molecule has 0 aromatic heterocycles. The largest absolute Gasteiger partial charge is 0.332 e. The van der Waals surface area contributed by atoms with Crippen molar-refractivity contribution in [1.82, 2.24) is 5.43 Å². The Morgan fingerprint density at radius 3 is 2.62 bits per heavy atom. The van der Waals surface area contributed by atoms with Crippen molar-refractivity contribution in [2.45, 2.75) is 19.8 Å². The maximum atomic E-state index is 4.93. The van der Waals surface area contributed by atoms with Crippen LogP contribution in [0.5, 0.6) is 0 Å². The predicted molar refractivity (Wildman–Crippen MR) is 38.6 cm³/mol. The van der Waals surface area contributed by atoms with Gasteiger partial charge in [0, 0.05) is 6.20 Å². The van der Waals surface area contributed by atoms with Crippen LogP contribution in [-0.2, 0) is 0 Å². The molecule has 8 heavy (non-hydrogen) atoms. The molecule has 0 aromatic carbocycles. The van der Waals surface area contributed by atoms with Gasteiger partial charge in [-0.15, -0.1) is 12.4 Å². The highest BCUT2D eigenvalue weighted by Gasteiger charge is 1.67. The molecule has 0 radical (unpaired) electrons. The molecule has 50 valence electrons. The van der Waals surface area contributed by atoms with Crippen LogP contribution >= 0.6 is 12.4 Å². The van der Waals surface area contributed by atoms with Crippen molar-refractivity contribution >= 4 is 12.4 Å². The van der Waals surface area contributed by atoms with E-state index in [0.717, 1.165) is 6.42 Å². The van der Waals surface area contributed by atoms with E-state index in [1.807, 2.05) is 6.08 Å². The zero-order valence-corrected chi connectivity index (χ0v) is 5.87. The summed E-state index contributed by atoms with van der Waals surface area (Å²) in [5.74, 6) is 4.93. The van der Waals surface area contributed by atoms with Crippen LogP contribution in [0.15, 0.2) is 12.3 Å². The third kappa shape index (κ3) is 9.25. The highest BCUT2D eigenvalue weighted by Crippen LogP contribution is 1.84. The van der Waals surface area contributed by atoms with Gasteiger partial charge in [0.15, 0.2) is 0 Å². The van der Waals surface area contributed by atoms with Gasteiger partial charge < -0.3 is 5.43 Å². The number of allylic oxidation sites excluding steroid dienone is 1. The second kappa shape index (κ2) is 9.92.